The molecule has 1 aliphatic rings. The Morgan fingerprint density at radius 3 is 2.61 bits per heavy atom. The molecule has 2 aromatic heterocycles. The van der Waals surface area contributed by atoms with Crippen molar-refractivity contribution in [3.63, 3.8) is 0 Å². The number of rotatable bonds is 9. The first-order valence-electron chi connectivity index (χ1n) is 13.4. The minimum absolute atomic E-state index is 0.461. The predicted octanol–water partition coefficient (Wildman–Crippen LogP) is 6.63. The van der Waals surface area contributed by atoms with Crippen molar-refractivity contribution in [1.82, 2.24) is 24.5 Å². The molecule has 0 radical (unpaired) electrons. The zero-order valence-corrected chi connectivity index (χ0v) is 23.7. The third-order valence-electron chi connectivity index (χ3n) is 6.82. The molecule has 8 nitrogen and oxygen atoms in total. The minimum atomic E-state index is 0.461. The van der Waals surface area contributed by atoms with Gasteiger partial charge in [0.05, 0.1) is 24.2 Å². The lowest BCUT2D eigenvalue weighted by Crippen LogP contribution is -2.29. The van der Waals surface area contributed by atoms with Crippen LogP contribution >= 0.6 is 11.8 Å². The standard InChI is InChI=1S/C29H37N7OS/c1-6-37-25-18-22(21-12-15-35(5)16-13-21)20(4)17-24(25)31-28-33-27-11-14-30-36(27)29(34-28)32-23-9-7-8-10-26(23)38-19(2)3/h7-11,14,17-19,21H,6,12-13,15-16H2,1-5H3,(H2,31,32,33,34). The van der Waals surface area contributed by atoms with Gasteiger partial charge in [0.2, 0.25) is 11.9 Å². The topological polar surface area (TPSA) is 79.6 Å². The number of likely N-dealkylation sites (tertiary alicyclic amines) is 1. The van der Waals surface area contributed by atoms with E-state index < -0.39 is 0 Å². The number of piperidine rings is 1. The maximum atomic E-state index is 6.10. The number of thioether (sulfide) groups is 1. The van der Waals surface area contributed by atoms with E-state index in [1.165, 1.54) is 24.0 Å². The summed E-state index contributed by atoms with van der Waals surface area (Å²) in [5.41, 5.74) is 5.19. The second kappa shape index (κ2) is 11.6. The first-order chi connectivity index (χ1) is 18.4. The predicted molar refractivity (Wildman–Crippen MR) is 157 cm³/mol. The van der Waals surface area contributed by atoms with Gasteiger partial charge in [0.25, 0.3) is 0 Å². The lowest BCUT2D eigenvalue weighted by Gasteiger charge is -2.30. The number of hydrogen-bond acceptors (Lipinski definition) is 8. The Morgan fingerprint density at radius 1 is 1.05 bits per heavy atom. The molecule has 0 unspecified atom stereocenters. The van der Waals surface area contributed by atoms with Gasteiger partial charge in [-0.15, -0.1) is 11.8 Å². The highest BCUT2D eigenvalue weighted by molar-refractivity contribution is 8.00. The zero-order valence-electron chi connectivity index (χ0n) is 22.9. The van der Waals surface area contributed by atoms with Crippen molar-refractivity contribution in [2.24, 2.45) is 0 Å². The van der Waals surface area contributed by atoms with E-state index in [0.717, 1.165) is 35.1 Å². The summed E-state index contributed by atoms with van der Waals surface area (Å²) in [6.45, 7) is 11.4. The molecule has 38 heavy (non-hydrogen) atoms. The second-order valence-corrected chi connectivity index (χ2v) is 11.7. The first kappa shape index (κ1) is 26.3. The van der Waals surface area contributed by atoms with Gasteiger partial charge in [-0.1, -0.05) is 26.0 Å². The fourth-order valence-electron chi connectivity index (χ4n) is 4.97. The number of hydrogen-bond donors (Lipinski definition) is 2. The van der Waals surface area contributed by atoms with Gasteiger partial charge < -0.3 is 20.3 Å². The molecule has 0 spiro atoms. The molecule has 0 bridgehead atoms. The first-order valence-corrected chi connectivity index (χ1v) is 14.3. The van der Waals surface area contributed by atoms with Gasteiger partial charge in [-0.2, -0.15) is 19.6 Å². The number of anilines is 4. The smallest absolute Gasteiger partial charge is 0.233 e. The SMILES string of the molecule is CCOc1cc(C2CCN(C)CC2)c(C)cc1Nc1nc(Nc2ccccc2SC(C)C)n2nccc2n1. The fraction of sp³-hybridized carbons (Fsp3) is 0.414. The molecule has 2 aromatic carbocycles. The van der Waals surface area contributed by atoms with Crippen LogP contribution in [0.5, 0.6) is 5.75 Å². The third kappa shape index (κ3) is 5.89. The highest BCUT2D eigenvalue weighted by atomic mass is 32.2. The van der Waals surface area contributed by atoms with Crippen molar-refractivity contribution >= 4 is 40.7 Å². The van der Waals surface area contributed by atoms with Crippen molar-refractivity contribution in [3.8, 4) is 5.75 Å². The molecule has 9 heteroatoms. The Balaban J connectivity index is 1.47. The Hall–Kier alpha value is -3.30. The van der Waals surface area contributed by atoms with Crippen LogP contribution in [-0.4, -0.2) is 56.5 Å². The average Bonchev–Trinajstić information content (AvgIpc) is 3.36. The number of fused-ring (bicyclic) bond motifs is 1. The van der Waals surface area contributed by atoms with E-state index in [1.54, 1.807) is 10.7 Å². The highest BCUT2D eigenvalue weighted by Crippen LogP contribution is 2.38. The lowest BCUT2D eigenvalue weighted by atomic mass is 9.86. The van der Waals surface area contributed by atoms with E-state index in [-0.39, 0.29) is 0 Å². The van der Waals surface area contributed by atoms with Crippen LogP contribution in [0.15, 0.2) is 53.6 Å². The normalized spacial score (nSPS) is 14.8. The number of nitrogens with one attached hydrogen (secondary N) is 2. The van der Waals surface area contributed by atoms with Crippen LogP contribution in [-0.2, 0) is 0 Å². The molecule has 2 N–H and O–H groups in total. The van der Waals surface area contributed by atoms with E-state index >= 15 is 0 Å². The quantitative estimate of drug-likeness (QED) is 0.233. The van der Waals surface area contributed by atoms with Crippen LogP contribution in [0.3, 0.4) is 0 Å². The largest absolute Gasteiger partial charge is 0.492 e. The van der Waals surface area contributed by atoms with Gasteiger partial charge in [-0.3, -0.25) is 0 Å². The second-order valence-electron chi connectivity index (χ2n) is 10.1. The summed E-state index contributed by atoms with van der Waals surface area (Å²) in [7, 11) is 2.20. The number of benzene rings is 2. The van der Waals surface area contributed by atoms with Crippen LogP contribution in [0.4, 0.5) is 23.3 Å². The molecule has 0 atom stereocenters. The molecule has 0 amide bonds. The monoisotopic (exact) mass is 531 g/mol. The van der Waals surface area contributed by atoms with Crippen LogP contribution in [0.25, 0.3) is 5.65 Å². The lowest BCUT2D eigenvalue weighted by molar-refractivity contribution is 0.254. The molecule has 0 saturated carbocycles. The van der Waals surface area contributed by atoms with E-state index in [2.05, 4.69) is 78.8 Å². The maximum Gasteiger partial charge on any atom is 0.233 e. The number of nitrogens with zero attached hydrogens (tertiary/aromatic N) is 5. The Kier molecular flexibility index (Phi) is 8.04. The van der Waals surface area contributed by atoms with Gasteiger partial charge >= 0.3 is 0 Å². The van der Waals surface area contributed by atoms with E-state index in [1.807, 2.05) is 30.8 Å². The Labute approximate surface area is 229 Å². The molecular formula is C29H37N7OS. The number of ether oxygens (including phenoxy) is 1. The average molecular weight is 532 g/mol. The van der Waals surface area contributed by atoms with Crippen LogP contribution in [0.1, 0.15) is 50.7 Å². The molecule has 5 rings (SSSR count). The fourth-order valence-corrected chi connectivity index (χ4v) is 5.88. The van der Waals surface area contributed by atoms with Gasteiger partial charge in [-0.05, 0) is 88.1 Å². The van der Waals surface area contributed by atoms with Crippen molar-refractivity contribution in [2.75, 3.05) is 37.4 Å². The maximum absolute atomic E-state index is 6.10. The number of para-hydroxylation sites is 1. The summed E-state index contributed by atoms with van der Waals surface area (Å²) in [6.07, 6.45) is 4.07. The van der Waals surface area contributed by atoms with Crippen molar-refractivity contribution in [3.05, 3.63) is 59.8 Å². The van der Waals surface area contributed by atoms with Crippen LogP contribution < -0.4 is 15.4 Å². The van der Waals surface area contributed by atoms with Crippen molar-refractivity contribution in [1.29, 1.82) is 0 Å². The van der Waals surface area contributed by atoms with Gasteiger partial charge in [0.1, 0.15) is 5.75 Å². The molecule has 1 fully saturated rings. The minimum Gasteiger partial charge on any atom is -0.492 e. The van der Waals surface area contributed by atoms with Gasteiger partial charge in [0, 0.05) is 16.2 Å². The summed E-state index contributed by atoms with van der Waals surface area (Å²) in [6, 6.07) is 14.5. The van der Waals surface area contributed by atoms with Crippen molar-refractivity contribution in [2.45, 2.75) is 56.6 Å². The molecule has 3 heterocycles. The summed E-state index contributed by atoms with van der Waals surface area (Å²) in [4.78, 5) is 13.1. The molecule has 4 aromatic rings. The van der Waals surface area contributed by atoms with Gasteiger partial charge in [0.15, 0.2) is 5.65 Å². The summed E-state index contributed by atoms with van der Waals surface area (Å²) in [5.74, 6) is 2.47. The number of aromatic nitrogens is 4. The summed E-state index contributed by atoms with van der Waals surface area (Å²) in [5, 5.41) is 11.9. The summed E-state index contributed by atoms with van der Waals surface area (Å²) < 4.78 is 7.83. The summed E-state index contributed by atoms with van der Waals surface area (Å²) >= 11 is 1.81. The Bertz CT molecular complexity index is 1400. The number of aryl methyl sites for hydroxylation is 1. The third-order valence-corrected chi connectivity index (χ3v) is 7.91. The molecular weight excluding hydrogens is 494 g/mol. The van der Waals surface area contributed by atoms with Crippen LogP contribution in [0, 0.1) is 6.92 Å². The molecule has 0 aliphatic carbocycles. The molecule has 1 saturated heterocycles. The zero-order chi connectivity index (χ0) is 26.6. The van der Waals surface area contributed by atoms with Crippen LogP contribution in [0.2, 0.25) is 0 Å². The van der Waals surface area contributed by atoms with E-state index in [9.17, 15) is 0 Å². The molecule has 1 aliphatic heterocycles. The van der Waals surface area contributed by atoms with E-state index in [0.29, 0.717) is 35.3 Å². The van der Waals surface area contributed by atoms with E-state index in [4.69, 9.17) is 14.7 Å². The highest BCUT2D eigenvalue weighted by Gasteiger charge is 2.22. The van der Waals surface area contributed by atoms with Crippen molar-refractivity contribution < 1.29 is 4.74 Å². The molecule has 200 valence electrons. The van der Waals surface area contributed by atoms with Gasteiger partial charge in [-0.25, -0.2) is 0 Å². The Morgan fingerprint density at radius 2 is 1.84 bits per heavy atom.